The molecule has 3 rings (SSSR count). The van der Waals surface area contributed by atoms with E-state index in [2.05, 4.69) is 4.90 Å². The van der Waals surface area contributed by atoms with E-state index >= 15 is 0 Å². The topological polar surface area (TPSA) is 49.9 Å². The van der Waals surface area contributed by atoms with E-state index in [1.54, 1.807) is 24.3 Å². The van der Waals surface area contributed by atoms with Gasteiger partial charge in [-0.2, -0.15) is 0 Å². The minimum Gasteiger partial charge on any atom is -0.379 e. The predicted octanol–water partition coefficient (Wildman–Crippen LogP) is 0.572. The summed E-state index contributed by atoms with van der Waals surface area (Å²) in [5.74, 6) is -0.385. The molecule has 0 atom stereocenters. The number of ether oxygens (including phenoxy) is 1. The second kappa shape index (κ2) is 4.51. The van der Waals surface area contributed by atoms with Crippen molar-refractivity contribution in [1.29, 1.82) is 0 Å². The van der Waals surface area contributed by atoms with E-state index in [1.165, 1.54) is 4.90 Å². The van der Waals surface area contributed by atoms with E-state index < -0.39 is 0 Å². The molecular formula is C13H14N2O3. The van der Waals surface area contributed by atoms with Crippen LogP contribution in [0.3, 0.4) is 0 Å². The number of fused-ring (bicyclic) bond motifs is 1. The standard InChI is InChI=1S/C13H14N2O3/c16-12-10-3-1-2-4-11(10)13(17)15(12)9-14-5-7-18-8-6-14/h1-4H,5-9H2. The summed E-state index contributed by atoms with van der Waals surface area (Å²) in [6.45, 7) is 3.18. The molecule has 2 aliphatic heterocycles. The van der Waals surface area contributed by atoms with Crippen LogP contribution in [0.1, 0.15) is 20.7 Å². The van der Waals surface area contributed by atoms with Gasteiger partial charge in [0.25, 0.3) is 11.8 Å². The molecule has 2 heterocycles. The zero-order chi connectivity index (χ0) is 12.5. The third-order valence-electron chi connectivity index (χ3n) is 3.32. The van der Waals surface area contributed by atoms with E-state index in [0.717, 1.165) is 13.1 Å². The third-order valence-corrected chi connectivity index (χ3v) is 3.32. The van der Waals surface area contributed by atoms with E-state index in [4.69, 9.17) is 4.74 Å². The van der Waals surface area contributed by atoms with E-state index in [0.29, 0.717) is 31.0 Å². The third kappa shape index (κ3) is 1.81. The second-order valence-electron chi connectivity index (χ2n) is 4.46. The van der Waals surface area contributed by atoms with Gasteiger partial charge < -0.3 is 4.74 Å². The maximum Gasteiger partial charge on any atom is 0.262 e. The molecule has 0 bridgehead atoms. The van der Waals surface area contributed by atoms with Gasteiger partial charge in [-0.25, -0.2) is 0 Å². The Morgan fingerprint density at radius 1 is 1.00 bits per heavy atom. The number of benzene rings is 1. The molecule has 5 heteroatoms. The lowest BCUT2D eigenvalue weighted by Gasteiger charge is -2.29. The zero-order valence-corrected chi connectivity index (χ0v) is 9.96. The lowest BCUT2D eigenvalue weighted by molar-refractivity contribution is 0.0124. The summed E-state index contributed by atoms with van der Waals surface area (Å²) in [5.41, 5.74) is 1.02. The summed E-state index contributed by atoms with van der Waals surface area (Å²) in [5, 5.41) is 0. The SMILES string of the molecule is O=C1c2ccccc2C(=O)N1CN1CCOCC1. The zero-order valence-electron chi connectivity index (χ0n) is 9.96. The van der Waals surface area contributed by atoms with Gasteiger partial charge in [-0.3, -0.25) is 19.4 Å². The number of amides is 2. The van der Waals surface area contributed by atoms with Crippen LogP contribution in [0.5, 0.6) is 0 Å². The number of carbonyl (C=O) groups excluding carboxylic acids is 2. The minimum atomic E-state index is -0.193. The summed E-state index contributed by atoms with van der Waals surface area (Å²) in [6.07, 6.45) is 0. The van der Waals surface area contributed by atoms with Crippen molar-refractivity contribution in [2.75, 3.05) is 33.0 Å². The number of nitrogens with zero attached hydrogens (tertiary/aromatic N) is 2. The smallest absolute Gasteiger partial charge is 0.262 e. The van der Waals surface area contributed by atoms with E-state index in [-0.39, 0.29) is 11.8 Å². The van der Waals surface area contributed by atoms with Gasteiger partial charge in [0, 0.05) is 13.1 Å². The molecule has 1 fully saturated rings. The summed E-state index contributed by atoms with van der Waals surface area (Å²) in [4.78, 5) is 27.6. The summed E-state index contributed by atoms with van der Waals surface area (Å²) < 4.78 is 5.25. The van der Waals surface area contributed by atoms with Gasteiger partial charge in [0.1, 0.15) is 0 Å². The molecule has 1 aromatic rings. The number of morpholine rings is 1. The molecule has 1 aromatic carbocycles. The fourth-order valence-corrected chi connectivity index (χ4v) is 2.31. The number of carbonyl (C=O) groups is 2. The Kier molecular flexibility index (Phi) is 2.85. The molecule has 18 heavy (non-hydrogen) atoms. The van der Waals surface area contributed by atoms with Crippen molar-refractivity contribution in [3.05, 3.63) is 35.4 Å². The first-order valence-electron chi connectivity index (χ1n) is 6.03. The molecule has 0 N–H and O–H groups in total. The normalized spacial score (nSPS) is 20.3. The molecule has 0 spiro atoms. The lowest BCUT2D eigenvalue weighted by Crippen LogP contribution is -2.46. The monoisotopic (exact) mass is 246 g/mol. The molecular weight excluding hydrogens is 232 g/mol. The van der Waals surface area contributed by atoms with Crippen LogP contribution in [0.15, 0.2) is 24.3 Å². The van der Waals surface area contributed by atoms with Gasteiger partial charge in [-0.1, -0.05) is 12.1 Å². The second-order valence-corrected chi connectivity index (χ2v) is 4.46. The first-order valence-corrected chi connectivity index (χ1v) is 6.03. The molecule has 5 nitrogen and oxygen atoms in total. The molecule has 2 amide bonds. The maximum absolute atomic E-state index is 12.1. The summed E-state index contributed by atoms with van der Waals surface area (Å²) in [7, 11) is 0. The predicted molar refractivity (Wildman–Crippen MR) is 64.2 cm³/mol. The fourth-order valence-electron chi connectivity index (χ4n) is 2.31. The number of imide groups is 1. The van der Waals surface area contributed by atoms with Gasteiger partial charge in [-0.05, 0) is 12.1 Å². The van der Waals surface area contributed by atoms with Crippen LogP contribution in [0.4, 0.5) is 0 Å². The highest BCUT2D eigenvalue weighted by Crippen LogP contribution is 2.22. The number of rotatable bonds is 2. The van der Waals surface area contributed by atoms with Crippen molar-refractivity contribution in [2.45, 2.75) is 0 Å². The van der Waals surface area contributed by atoms with Crippen LogP contribution in [-0.2, 0) is 4.74 Å². The van der Waals surface area contributed by atoms with Gasteiger partial charge in [-0.15, -0.1) is 0 Å². The highest BCUT2D eigenvalue weighted by atomic mass is 16.5. The molecule has 0 aliphatic carbocycles. The quantitative estimate of drug-likeness (QED) is 0.716. The minimum absolute atomic E-state index is 0.193. The van der Waals surface area contributed by atoms with E-state index in [9.17, 15) is 9.59 Å². The van der Waals surface area contributed by atoms with Crippen LogP contribution < -0.4 is 0 Å². The van der Waals surface area contributed by atoms with Gasteiger partial charge in [0.2, 0.25) is 0 Å². The molecule has 0 saturated carbocycles. The van der Waals surface area contributed by atoms with Crippen molar-refractivity contribution >= 4 is 11.8 Å². The Morgan fingerprint density at radius 2 is 1.56 bits per heavy atom. The molecule has 1 saturated heterocycles. The molecule has 2 aliphatic rings. The Hall–Kier alpha value is -1.72. The first kappa shape index (κ1) is 11.4. The van der Waals surface area contributed by atoms with Crippen LogP contribution in [-0.4, -0.2) is 54.6 Å². The van der Waals surface area contributed by atoms with Crippen molar-refractivity contribution in [3.63, 3.8) is 0 Å². The Labute approximate surface area is 105 Å². The Balaban J connectivity index is 1.79. The molecule has 94 valence electrons. The lowest BCUT2D eigenvalue weighted by atomic mass is 10.1. The largest absolute Gasteiger partial charge is 0.379 e. The van der Waals surface area contributed by atoms with E-state index in [1.807, 2.05) is 0 Å². The number of hydrogen-bond acceptors (Lipinski definition) is 4. The first-order chi connectivity index (χ1) is 8.77. The van der Waals surface area contributed by atoms with Crippen LogP contribution >= 0.6 is 0 Å². The average Bonchev–Trinajstić information content (AvgIpc) is 2.66. The summed E-state index contributed by atoms with van der Waals surface area (Å²) in [6, 6.07) is 6.97. The van der Waals surface area contributed by atoms with Gasteiger partial charge in [0.05, 0.1) is 31.0 Å². The van der Waals surface area contributed by atoms with Crippen molar-refractivity contribution in [3.8, 4) is 0 Å². The molecule has 0 radical (unpaired) electrons. The summed E-state index contributed by atoms with van der Waals surface area (Å²) >= 11 is 0. The average molecular weight is 246 g/mol. The molecule has 0 unspecified atom stereocenters. The Morgan fingerprint density at radius 3 is 2.11 bits per heavy atom. The maximum atomic E-state index is 12.1. The van der Waals surface area contributed by atoms with Gasteiger partial charge in [0.15, 0.2) is 0 Å². The van der Waals surface area contributed by atoms with Crippen LogP contribution in [0.2, 0.25) is 0 Å². The Bertz CT molecular complexity index is 460. The fraction of sp³-hybridized carbons (Fsp3) is 0.385. The van der Waals surface area contributed by atoms with Crippen molar-refractivity contribution in [2.24, 2.45) is 0 Å². The highest BCUT2D eigenvalue weighted by molar-refractivity contribution is 6.21. The highest BCUT2D eigenvalue weighted by Gasteiger charge is 2.36. The number of hydrogen-bond donors (Lipinski definition) is 0. The van der Waals surface area contributed by atoms with Crippen molar-refractivity contribution in [1.82, 2.24) is 9.80 Å². The van der Waals surface area contributed by atoms with Gasteiger partial charge >= 0.3 is 0 Å². The van der Waals surface area contributed by atoms with Crippen molar-refractivity contribution < 1.29 is 14.3 Å². The molecule has 0 aromatic heterocycles. The van der Waals surface area contributed by atoms with Crippen LogP contribution in [0.25, 0.3) is 0 Å². The van der Waals surface area contributed by atoms with Crippen LogP contribution in [0, 0.1) is 0 Å².